The highest BCUT2D eigenvalue weighted by atomic mass is 32.2. The van der Waals surface area contributed by atoms with Gasteiger partial charge in [0.05, 0.1) is 22.2 Å². The zero-order valence-corrected chi connectivity index (χ0v) is 24.6. The first-order chi connectivity index (χ1) is 19.5. The van der Waals surface area contributed by atoms with Gasteiger partial charge in [-0.05, 0) is 54.1 Å². The summed E-state index contributed by atoms with van der Waals surface area (Å²) in [5, 5.41) is 0.364. The maximum Gasteiger partial charge on any atom is 0.294 e. The molecule has 0 radical (unpaired) electrons. The van der Waals surface area contributed by atoms with E-state index in [1.54, 1.807) is 34.9 Å². The van der Waals surface area contributed by atoms with Gasteiger partial charge in [0.15, 0.2) is 5.01 Å². The largest absolute Gasteiger partial charge is 0.744 e. The second kappa shape index (κ2) is 11.3. The minimum Gasteiger partial charge on any atom is -0.744 e. The number of hydrogen-bond donors (Lipinski definition) is 1. The van der Waals surface area contributed by atoms with Crippen LogP contribution in [-0.2, 0) is 26.8 Å². The Morgan fingerprint density at radius 1 is 0.951 bits per heavy atom. The van der Waals surface area contributed by atoms with E-state index < -0.39 is 25.1 Å². The number of ether oxygens (including phenoxy) is 1. The summed E-state index contributed by atoms with van der Waals surface area (Å²) in [6.45, 7) is 2.36. The average molecular weight is 611 g/mol. The van der Waals surface area contributed by atoms with Crippen molar-refractivity contribution in [1.82, 2.24) is 4.98 Å². The number of para-hydroxylation sites is 1. The minimum atomic E-state index is -5.03. The third-order valence-electron chi connectivity index (χ3n) is 6.63. The van der Waals surface area contributed by atoms with Gasteiger partial charge in [0.2, 0.25) is 5.69 Å². The molecule has 0 bridgehead atoms. The molecule has 0 fully saturated rings. The molecule has 3 aromatic carbocycles. The number of methoxy groups -OCH3 is 1. The van der Waals surface area contributed by atoms with E-state index in [1.165, 1.54) is 42.7 Å². The molecule has 5 aromatic rings. The van der Waals surface area contributed by atoms with Gasteiger partial charge < -0.3 is 9.29 Å². The molecule has 41 heavy (non-hydrogen) atoms. The van der Waals surface area contributed by atoms with E-state index in [-0.39, 0.29) is 16.2 Å². The lowest BCUT2D eigenvalue weighted by Crippen LogP contribution is -2.40. The SMILES string of the molecule is CCCC[n+]1c(-c2ccc(S(=O)(=O)O)cc2)cc(-c2ccc(OC)cc2)c(S(=O)(=O)[O-])c1-c1nc2ccccc2s1. The van der Waals surface area contributed by atoms with Crippen molar-refractivity contribution in [1.29, 1.82) is 0 Å². The van der Waals surface area contributed by atoms with Crippen LogP contribution in [0.1, 0.15) is 19.8 Å². The summed E-state index contributed by atoms with van der Waals surface area (Å²) in [4.78, 5) is 4.06. The Balaban J connectivity index is 1.92. The molecule has 0 spiro atoms. The Kier molecular flexibility index (Phi) is 7.95. The molecule has 0 unspecified atom stereocenters. The summed E-state index contributed by atoms with van der Waals surface area (Å²) in [6, 6.07) is 21.3. The lowest BCUT2D eigenvalue weighted by atomic mass is 10.0. The van der Waals surface area contributed by atoms with E-state index in [1.807, 2.05) is 31.2 Å². The third-order valence-corrected chi connectivity index (χ3v) is 9.46. The zero-order valence-electron chi connectivity index (χ0n) is 22.1. The normalized spacial score (nSPS) is 12.1. The topological polar surface area (TPSA) is 138 Å². The maximum absolute atomic E-state index is 13.1. The number of unbranched alkanes of at least 4 members (excludes halogenated alkanes) is 1. The van der Waals surface area contributed by atoms with Crippen molar-refractivity contribution in [3.63, 3.8) is 0 Å². The van der Waals surface area contributed by atoms with Crippen molar-refractivity contribution in [3.8, 4) is 38.8 Å². The van der Waals surface area contributed by atoms with E-state index in [2.05, 4.69) is 0 Å². The number of pyridine rings is 1. The molecule has 0 saturated heterocycles. The second-order valence-electron chi connectivity index (χ2n) is 9.29. The molecule has 9 nitrogen and oxygen atoms in total. The highest BCUT2D eigenvalue weighted by Crippen LogP contribution is 2.40. The van der Waals surface area contributed by atoms with Gasteiger partial charge in [-0.2, -0.15) is 13.0 Å². The lowest BCUT2D eigenvalue weighted by molar-refractivity contribution is -0.677. The summed E-state index contributed by atoms with van der Waals surface area (Å²) in [6.07, 6.45) is 1.45. The average Bonchev–Trinajstić information content (AvgIpc) is 3.38. The van der Waals surface area contributed by atoms with Crippen molar-refractivity contribution in [2.45, 2.75) is 36.1 Å². The first-order valence-corrected chi connectivity index (χ1v) is 16.3. The molecule has 0 aliphatic rings. The molecule has 0 saturated carbocycles. The van der Waals surface area contributed by atoms with Gasteiger partial charge in [0.25, 0.3) is 15.8 Å². The van der Waals surface area contributed by atoms with Crippen LogP contribution in [0.5, 0.6) is 5.75 Å². The molecular formula is C29H26N2O7S3. The van der Waals surface area contributed by atoms with E-state index in [0.717, 1.165) is 11.1 Å². The highest BCUT2D eigenvalue weighted by Gasteiger charge is 2.33. The van der Waals surface area contributed by atoms with Crippen molar-refractivity contribution in [2.75, 3.05) is 7.11 Å². The van der Waals surface area contributed by atoms with E-state index >= 15 is 0 Å². The van der Waals surface area contributed by atoms with Crippen LogP contribution in [0.25, 0.3) is 43.3 Å². The summed E-state index contributed by atoms with van der Waals surface area (Å²) in [5.74, 6) is 0.557. The predicted molar refractivity (Wildman–Crippen MR) is 155 cm³/mol. The van der Waals surface area contributed by atoms with Gasteiger partial charge in [0, 0.05) is 23.6 Å². The van der Waals surface area contributed by atoms with E-state index in [9.17, 15) is 25.9 Å². The number of benzene rings is 3. The zero-order chi connectivity index (χ0) is 29.4. The van der Waals surface area contributed by atoms with Crippen molar-refractivity contribution in [3.05, 3.63) is 78.9 Å². The monoisotopic (exact) mass is 610 g/mol. The fourth-order valence-electron chi connectivity index (χ4n) is 4.66. The van der Waals surface area contributed by atoms with Gasteiger partial charge in [-0.15, -0.1) is 11.3 Å². The smallest absolute Gasteiger partial charge is 0.294 e. The quantitative estimate of drug-likeness (QED) is 0.170. The minimum absolute atomic E-state index is 0.164. The van der Waals surface area contributed by atoms with Gasteiger partial charge in [-0.1, -0.05) is 37.6 Å². The van der Waals surface area contributed by atoms with Crippen LogP contribution in [0.4, 0.5) is 0 Å². The number of hydrogen-bond acceptors (Lipinski definition) is 8. The Hall–Kier alpha value is -3.68. The van der Waals surface area contributed by atoms with Crippen LogP contribution in [0.15, 0.2) is 88.7 Å². The molecule has 2 heterocycles. The van der Waals surface area contributed by atoms with E-state index in [0.29, 0.717) is 46.1 Å². The Labute approximate surface area is 242 Å². The second-order valence-corrected chi connectivity index (χ2v) is 13.1. The Morgan fingerprint density at radius 3 is 2.20 bits per heavy atom. The highest BCUT2D eigenvalue weighted by molar-refractivity contribution is 7.86. The van der Waals surface area contributed by atoms with Crippen molar-refractivity contribution >= 4 is 41.8 Å². The molecule has 1 N–H and O–H groups in total. The third kappa shape index (κ3) is 5.88. The van der Waals surface area contributed by atoms with Crippen LogP contribution >= 0.6 is 11.3 Å². The fourth-order valence-corrected chi connectivity index (χ4v) is 7.12. The number of nitrogens with zero attached hydrogens (tertiary/aromatic N) is 2. The van der Waals surface area contributed by atoms with Crippen LogP contribution in [-0.4, -0.2) is 38.0 Å². The van der Waals surface area contributed by atoms with Crippen LogP contribution in [0, 0.1) is 0 Å². The molecule has 212 valence electrons. The lowest BCUT2D eigenvalue weighted by Gasteiger charge is -2.19. The van der Waals surface area contributed by atoms with Crippen LogP contribution in [0.3, 0.4) is 0 Å². The standard InChI is InChI=1S/C29H26N2O7S3/c1-3-4-17-31-25(20-11-15-22(16-12-20)40(32,33)34)18-23(19-9-13-21(38-2)14-10-19)28(41(35,36)37)27(31)29-30-24-7-5-6-8-26(24)39-29/h5-16,18H,3-4,17H2,1-2H3,(H-,32,33,34,35,36,37). The molecule has 0 aliphatic heterocycles. The number of rotatable bonds is 9. The summed E-state index contributed by atoms with van der Waals surface area (Å²) < 4.78 is 80.0. The summed E-state index contributed by atoms with van der Waals surface area (Å²) >= 11 is 1.28. The molecule has 2 aromatic heterocycles. The van der Waals surface area contributed by atoms with Crippen LogP contribution in [0.2, 0.25) is 0 Å². The molecule has 0 atom stereocenters. The van der Waals surface area contributed by atoms with Crippen molar-refractivity contribution in [2.24, 2.45) is 0 Å². The number of thiazole rings is 1. The Morgan fingerprint density at radius 2 is 1.61 bits per heavy atom. The van der Waals surface area contributed by atoms with Crippen LogP contribution < -0.4 is 9.30 Å². The first kappa shape index (κ1) is 28.8. The summed E-state index contributed by atoms with van der Waals surface area (Å²) in [5.41, 5.74) is 2.59. The molecule has 0 aliphatic carbocycles. The Bertz CT molecular complexity index is 1920. The van der Waals surface area contributed by atoms with Gasteiger partial charge >= 0.3 is 0 Å². The maximum atomic E-state index is 13.1. The van der Waals surface area contributed by atoms with E-state index in [4.69, 9.17) is 9.72 Å². The first-order valence-electron chi connectivity index (χ1n) is 12.7. The summed E-state index contributed by atoms with van der Waals surface area (Å²) in [7, 11) is -7.94. The van der Waals surface area contributed by atoms with Gasteiger partial charge in [-0.25, -0.2) is 13.4 Å². The van der Waals surface area contributed by atoms with Gasteiger partial charge in [-0.3, -0.25) is 4.55 Å². The molecule has 5 rings (SSSR count). The molecule has 0 amide bonds. The fraction of sp³-hybridized carbons (Fsp3) is 0.172. The number of aromatic nitrogens is 2. The van der Waals surface area contributed by atoms with Crippen molar-refractivity contribution < 1.29 is 35.2 Å². The molecular weight excluding hydrogens is 585 g/mol. The number of fused-ring (bicyclic) bond motifs is 1. The van der Waals surface area contributed by atoms with Gasteiger partial charge in [0.1, 0.15) is 27.3 Å². The molecule has 12 heteroatoms. The predicted octanol–water partition coefficient (Wildman–Crippen LogP) is 5.54.